The van der Waals surface area contributed by atoms with Gasteiger partial charge in [0.2, 0.25) is 11.9 Å². The molecule has 0 radical (unpaired) electrons. The summed E-state index contributed by atoms with van der Waals surface area (Å²) in [4.78, 5) is 24.5. The fourth-order valence-corrected chi connectivity index (χ4v) is 3.21. The maximum atomic E-state index is 12.6. The number of nitrogens with one attached hydrogen (secondary N) is 3. The number of carbonyl (C=O) groups is 1. The second-order valence-electron chi connectivity index (χ2n) is 7.77. The van der Waals surface area contributed by atoms with Gasteiger partial charge in [-0.25, -0.2) is 0 Å². The van der Waals surface area contributed by atoms with Gasteiger partial charge in [0.15, 0.2) is 6.61 Å². The monoisotopic (exact) mass is 484 g/mol. The van der Waals surface area contributed by atoms with Gasteiger partial charge in [-0.1, -0.05) is 36.4 Å². The largest absolute Gasteiger partial charge is 0.454 e. The Morgan fingerprint density at radius 3 is 2.40 bits per heavy atom. The Bertz CT molecular complexity index is 1180. The maximum Gasteiger partial charge on any atom is 0.422 e. The molecule has 0 spiro atoms. The molecular formula is C24H23F3N6O2. The van der Waals surface area contributed by atoms with E-state index in [0.29, 0.717) is 24.3 Å². The van der Waals surface area contributed by atoms with Crippen molar-refractivity contribution in [3.05, 3.63) is 71.3 Å². The molecule has 6 bridgehead atoms. The molecule has 3 aromatic rings. The molecular weight excluding hydrogens is 461 g/mol. The van der Waals surface area contributed by atoms with Crippen LogP contribution in [0.1, 0.15) is 34.3 Å². The molecule has 11 heteroatoms. The Morgan fingerprint density at radius 1 is 0.914 bits per heavy atom. The highest BCUT2D eigenvalue weighted by Gasteiger charge is 2.29. The smallest absolute Gasteiger partial charge is 0.422 e. The van der Waals surface area contributed by atoms with Gasteiger partial charge in [0.25, 0.3) is 5.91 Å². The molecule has 7 rings (SSSR count). The van der Waals surface area contributed by atoms with E-state index >= 15 is 0 Å². The summed E-state index contributed by atoms with van der Waals surface area (Å²) in [5, 5.41) is 8.79. The van der Waals surface area contributed by atoms with Gasteiger partial charge >= 0.3 is 12.2 Å². The quantitative estimate of drug-likeness (QED) is 0.485. The van der Waals surface area contributed by atoms with Crippen LogP contribution in [0.4, 0.5) is 30.8 Å². The van der Waals surface area contributed by atoms with Gasteiger partial charge in [-0.05, 0) is 48.2 Å². The summed E-state index contributed by atoms with van der Waals surface area (Å²) in [6, 6.07) is 13.8. The number of carbonyl (C=O) groups excluding carboxylic acids is 1. The van der Waals surface area contributed by atoms with Crippen LogP contribution in [0.5, 0.6) is 6.01 Å². The molecule has 1 aromatic heterocycles. The lowest BCUT2D eigenvalue weighted by Gasteiger charge is -2.12. The number of hydrogen-bond acceptors (Lipinski definition) is 7. The Hall–Kier alpha value is -4.15. The second-order valence-corrected chi connectivity index (χ2v) is 7.77. The third kappa shape index (κ3) is 7.42. The molecule has 182 valence electrons. The van der Waals surface area contributed by atoms with Gasteiger partial charge < -0.3 is 20.7 Å². The van der Waals surface area contributed by atoms with E-state index in [0.717, 1.165) is 24.0 Å². The van der Waals surface area contributed by atoms with Crippen molar-refractivity contribution in [2.45, 2.75) is 25.6 Å². The number of anilines is 3. The van der Waals surface area contributed by atoms with E-state index in [1.54, 1.807) is 24.3 Å². The van der Waals surface area contributed by atoms with Crippen LogP contribution in [0.2, 0.25) is 0 Å². The van der Waals surface area contributed by atoms with Crippen LogP contribution in [0.3, 0.4) is 0 Å². The third-order valence-corrected chi connectivity index (χ3v) is 4.96. The molecule has 1 amide bonds. The molecule has 0 aliphatic carbocycles. The molecule has 8 nitrogen and oxygen atoms in total. The first-order valence-electron chi connectivity index (χ1n) is 10.9. The van der Waals surface area contributed by atoms with Crippen molar-refractivity contribution < 1.29 is 22.7 Å². The van der Waals surface area contributed by atoms with E-state index in [2.05, 4.69) is 37.0 Å². The van der Waals surface area contributed by atoms with E-state index in [4.69, 9.17) is 4.74 Å². The van der Waals surface area contributed by atoms with Crippen LogP contribution >= 0.6 is 0 Å². The molecule has 5 heterocycles. The van der Waals surface area contributed by atoms with Crippen molar-refractivity contribution in [2.75, 3.05) is 23.8 Å². The van der Waals surface area contributed by atoms with Crippen LogP contribution in [0.25, 0.3) is 6.08 Å². The number of nitrogens with zero attached hydrogens (tertiary/aromatic N) is 3. The first-order valence-corrected chi connectivity index (χ1v) is 10.9. The third-order valence-electron chi connectivity index (χ3n) is 4.96. The van der Waals surface area contributed by atoms with Crippen molar-refractivity contribution >= 4 is 29.6 Å². The zero-order valence-corrected chi connectivity index (χ0v) is 18.6. The van der Waals surface area contributed by atoms with Crippen molar-refractivity contribution in [1.82, 2.24) is 20.3 Å². The average molecular weight is 484 g/mol. The molecule has 0 atom stereocenters. The van der Waals surface area contributed by atoms with Crippen molar-refractivity contribution in [2.24, 2.45) is 0 Å². The highest BCUT2D eigenvalue weighted by atomic mass is 19.4. The van der Waals surface area contributed by atoms with E-state index in [1.807, 2.05) is 30.3 Å². The SMILES string of the molecule is O=C1NCCC/C=C\c2ccc(cc2)CNc2nc(nc(OCC(F)(F)F)n2)Nc2ccc1cc2. The Morgan fingerprint density at radius 2 is 1.66 bits per heavy atom. The molecule has 0 saturated carbocycles. The minimum absolute atomic E-state index is 0.0109. The Kier molecular flexibility index (Phi) is 7.44. The lowest BCUT2D eigenvalue weighted by molar-refractivity contribution is -0.154. The summed E-state index contributed by atoms with van der Waals surface area (Å²) in [5.74, 6) is -0.162. The summed E-state index contributed by atoms with van der Waals surface area (Å²) in [6.07, 6.45) is 1.15. The number of allylic oxidation sites excluding steroid dienone is 1. The first-order chi connectivity index (χ1) is 16.8. The van der Waals surface area contributed by atoms with Crippen molar-refractivity contribution in [3.63, 3.8) is 0 Å². The number of aromatic nitrogens is 3. The Labute approximate surface area is 199 Å². The zero-order valence-electron chi connectivity index (χ0n) is 18.6. The summed E-state index contributed by atoms with van der Waals surface area (Å²) in [7, 11) is 0. The van der Waals surface area contributed by atoms with Crippen LogP contribution in [-0.4, -0.2) is 40.2 Å². The first kappa shape index (κ1) is 24.0. The minimum Gasteiger partial charge on any atom is -0.454 e. The fraction of sp³-hybridized carbons (Fsp3) is 0.250. The molecule has 0 saturated heterocycles. The van der Waals surface area contributed by atoms with Gasteiger partial charge in [-0.2, -0.15) is 28.1 Å². The summed E-state index contributed by atoms with van der Waals surface area (Å²) >= 11 is 0. The summed E-state index contributed by atoms with van der Waals surface area (Å²) < 4.78 is 42.7. The van der Waals surface area contributed by atoms with Crippen LogP contribution < -0.4 is 20.7 Å². The Balaban J connectivity index is 1.61. The number of hydrogen-bond donors (Lipinski definition) is 3. The van der Waals surface area contributed by atoms with Crippen LogP contribution in [0.15, 0.2) is 54.6 Å². The highest BCUT2D eigenvalue weighted by molar-refractivity contribution is 5.94. The number of halogens is 3. The minimum atomic E-state index is -4.54. The number of rotatable bonds is 2. The normalized spacial score (nSPS) is 15.3. The van der Waals surface area contributed by atoms with Crippen molar-refractivity contribution in [3.8, 4) is 6.01 Å². The highest BCUT2D eigenvalue weighted by Crippen LogP contribution is 2.21. The molecule has 3 N–H and O–H groups in total. The lowest BCUT2D eigenvalue weighted by Crippen LogP contribution is -2.24. The molecule has 0 unspecified atom stereocenters. The fourth-order valence-electron chi connectivity index (χ4n) is 3.21. The van der Waals surface area contributed by atoms with E-state index in [1.165, 1.54) is 0 Å². The molecule has 4 aliphatic rings. The van der Waals surface area contributed by atoms with Crippen molar-refractivity contribution in [1.29, 1.82) is 0 Å². The number of benzene rings is 2. The van der Waals surface area contributed by atoms with Gasteiger partial charge in [0, 0.05) is 24.3 Å². The van der Waals surface area contributed by atoms with Gasteiger partial charge in [0.05, 0.1) is 0 Å². The molecule has 0 fully saturated rings. The van der Waals surface area contributed by atoms with Gasteiger partial charge in [-0.3, -0.25) is 4.79 Å². The average Bonchev–Trinajstić information content (AvgIpc) is 2.84. The van der Waals surface area contributed by atoms with E-state index in [9.17, 15) is 18.0 Å². The van der Waals surface area contributed by atoms with Crippen LogP contribution in [0, 0.1) is 0 Å². The van der Waals surface area contributed by atoms with Gasteiger partial charge in [0.1, 0.15) is 0 Å². The molecule has 4 aliphatic heterocycles. The molecule has 35 heavy (non-hydrogen) atoms. The molecule has 2 aromatic carbocycles. The van der Waals surface area contributed by atoms with E-state index < -0.39 is 18.8 Å². The van der Waals surface area contributed by atoms with Crippen LogP contribution in [-0.2, 0) is 6.54 Å². The van der Waals surface area contributed by atoms with Gasteiger partial charge in [-0.15, -0.1) is 0 Å². The lowest BCUT2D eigenvalue weighted by atomic mass is 10.1. The summed E-state index contributed by atoms with van der Waals surface area (Å²) in [6.45, 7) is -0.647. The summed E-state index contributed by atoms with van der Waals surface area (Å²) in [5.41, 5.74) is 2.97. The number of ether oxygens (including phenoxy) is 1. The predicted octanol–water partition coefficient (Wildman–Crippen LogP) is 4.71. The maximum absolute atomic E-state index is 12.6. The number of amides is 1. The second kappa shape index (κ2) is 10.9. The predicted molar refractivity (Wildman–Crippen MR) is 125 cm³/mol. The standard InChI is InChI=1S/C24H23F3N6O2/c25-24(26,27)15-35-23-32-21-29-14-17-7-5-16(6-8-17)4-2-1-3-13-28-20(34)18-9-11-19(12-10-18)30-22(31-21)33-23/h2,4-12H,1,3,13-15H2,(H,28,34)(H2,29,30,31,32,33)/b4-2-. The zero-order chi connectivity index (χ0) is 24.7. The topological polar surface area (TPSA) is 101 Å². The number of alkyl halides is 3. The van der Waals surface area contributed by atoms with E-state index in [-0.39, 0.29) is 17.8 Å².